The fourth-order valence-electron chi connectivity index (χ4n) is 2.31. The van der Waals surface area contributed by atoms with Crippen LogP contribution in [0.3, 0.4) is 0 Å². The van der Waals surface area contributed by atoms with Crippen LogP contribution in [0.25, 0.3) is 0 Å². The Morgan fingerprint density at radius 3 is 2.46 bits per heavy atom. The first-order valence-corrected chi connectivity index (χ1v) is 9.03. The van der Waals surface area contributed by atoms with Crippen molar-refractivity contribution in [3.63, 3.8) is 0 Å². The van der Waals surface area contributed by atoms with Crippen LogP contribution in [-0.4, -0.2) is 33.1 Å². The van der Waals surface area contributed by atoms with Crippen LogP contribution >= 0.6 is 0 Å². The molecule has 2 aromatic rings. The fourth-order valence-corrected chi connectivity index (χ4v) is 3.33. The number of hydrogen-bond donors (Lipinski definition) is 0. The van der Waals surface area contributed by atoms with Crippen LogP contribution in [-0.2, 0) is 19.0 Å². The number of rotatable bonds is 5. The molecule has 24 heavy (non-hydrogen) atoms. The Labute approximate surface area is 142 Å². The molecule has 0 unspecified atom stereocenters. The lowest BCUT2D eigenvalue weighted by Gasteiger charge is -2.17. The Morgan fingerprint density at radius 1 is 1.12 bits per heavy atom. The minimum Gasteiger partial charge on any atom is -0.475 e. The van der Waals surface area contributed by atoms with Gasteiger partial charge in [-0.1, -0.05) is 35.9 Å². The summed E-state index contributed by atoms with van der Waals surface area (Å²) in [5.74, 6) is 0.509. The van der Waals surface area contributed by atoms with Gasteiger partial charge in [-0.3, -0.25) is 4.18 Å². The highest BCUT2D eigenvalue weighted by Crippen LogP contribution is 2.24. The zero-order valence-electron chi connectivity index (χ0n) is 13.6. The van der Waals surface area contributed by atoms with Crippen molar-refractivity contribution in [2.75, 3.05) is 13.2 Å². The van der Waals surface area contributed by atoms with Crippen molar-refractivity contribution in [1.82, 2.24) is 0 Å². The molecule has 0 bridgehead atoms. The molecular formula is C18H19NO4S. The summed E-state index contributed by atoms with van der Waals surface area (Å²) < 4.78 is 35.4. The van der Waals surface area contributed by atoms with E-state index in [-0.39, 0.29) is 18.1 Å². The summed E-state index contributed by atoms with van der Waals surface area (Å²) in [6.07, 6.45) is 0. The third kappa shape index (κ3) is 3.66. The van der Waals surface area contributed by atoms with Crippen LogP contribution in [0.1, 0.15) is 18.1 Å². The third-order valence-corrected chi connectivity index (χ3v) is 5.02. The van der Waals surface area contributed by atoms with Crippen molar-refractivity contribution in [1.29, 1.82) is 0 Å². The summed E-state index contributed by atoms with van der Waals surface area (Å²) in [6, 6.07) is 16.1. The topological polar surface area (TPSA) is 65.0 Å². The molecule has 0 aromatic heterocycles. The lowest BCUT2D eigenvalue weighted by Crippen LogP contribution is -2.31. The lowest BCUT2D eigenvalue weighted by atomic mass is 10.1. The highest BCUT2D eigenvalue weighted by molar-refractivity contribution is 7.86. The standard InChI is InChI=1S/C18H19NO4S/c1-14-8-10-16(11-9-14)24(20,21)23-13-18(2)12-22-17(19-18)15-6-4-3-5-7-15/h3-11H,12-13H2,1-2H3/t18-/m1/s1. The maximum Gasteiger partial charge on any atom is 0.297 e. The fraction of sp³-hybridized carbons (Fsp3) is 0.278. The van der Waals surface area contributed by atoms with E-state index in [0.717, 1.165) is 11.1 Å². The molecular weight excluding hydrogens is 326 g/mol. The average Bonchev–Trinajstić information content (AvgIpc) is 2.98. The molecule has 1 heterocycles. The van der Waals surface area contributed by atoms with E-state index in [4.69, 9.17) is 8.92 Å². The van der Waals surface area contributed by atoms with Crippen LogP contribution in [0.5, 0.6) is 0 Å². The van der Waals surface area contributed by atoms with Gasteiger partial charge in [-0.15, -0.1) is 0 Å². The predicted molar refractivity (Wildman–Crippen MR) is 91.7 cm³/mol. The summed E-state index contributed by atoms with van der Waals surface area (Å²) in [7, 11) is -3.81. The van der Waals surface area contributed by atoms with Gasteiger partial charge in [0.25, 0.3) is 10.1 Å². The van der Waals surface area contributed by atoms with Crippen molar-refractivity contribution in [3.05, 3.63) is 65.7 Å². The highest BCUT2D eigenvalue weighted by atomic mass is 32.2. The summed E-state index contributed by atoms with van der Waals surface area (Å²) in [6.45, 7) is 3.92. The summed E-state index contributed by atoms with van der Waals surface area (Å²) in [4.78, 5) is 4.65. The molecule has 1 atom stereocenters. The van der Waals surface area contributed by atoms with Gasteiger partial charge < -0.3 is 4.74 Å². The first-order chi connectivity index (χ1) is 11.4. The Morgan fingerprint density at radius 2 is 1.79 bits per heavy atom. The molecule has 0 N–H and O–H groups in total. The normalized spacial score (nSPS) is 20.5. The number of ether oxygens (including phenoxy) is 1. The number of aryl methyl sites for hydroxylation is 1. The summed E-state index contributed by atoms with van der Waals surface area (Å²) >= 11 is 0. The van der Waals surface area contributed by atoms with Gasteiger partial charge in [0.15, 0.2) is 0 Å². The van der Waals surface area contributed by atoms with E-state index in [1.807, 2.05) is 44.2 Å². The molecule has 0 saturated carbocycles. The Kier molecular flexibility index (Phi) is 4.43. The zero-order chi connectivity index (χ0) is 17.2. The highest BCUT2D eigenvalue weighted by Gasteiger charge is 2.34. The molecule has 5 nitrogen and oxygen atoms in total. The second-order valence-corrected chi connectivity index (χ2v) is 7.71. The molecule has 0 saturated heterocycles. The van der Waals surface area contributed by atoms with E-state index in [2.05, 4.69) is 4.99 Å². The van der Waals surface area contributed by atoms with Crippen LogP contribution < -0.4 is 0 Å². The smallest absolute Gasteiger partial charge is 0.297 e. The van der Waals surface area contributed by atoms with Crippen molar-refractivity contribution in [2.24, 2.45) is 4.99 Å². The molecule has 0 amide bonds. The molecule has 0 fully saturated rings. The first kappa shape index (κ1) is 16.7. The maximum atomic E-state index is 12.3. The van der Waals surface area contributed by atoms with E-state index < -0.39 is 15.7 Å². The maximum absolute atomic E-state index is 12.3. The minimum atomic E-state index is -3.81. The molecule has 1 aliphatic heterocycles. The van der Waals surface area contributed by atoms with Gasteiger partial charge in [-0.2, -0.15) is 8.42 Å². The second kappa shape index (κ2) is 6.37. The average molecular weight is 345 g/mol. The molecule has 3 rings (SSSR count). The van der Waals surface area contributed by atoms with Crippen LogP contribution in [0.2, 0.25) is 0 Å². The Balaban J connectivity index is 1.72. The van der Waals surface area contributed by atoms with Gasteiger partial charge >= 0.3 is 0 Å². The van der Waals surface area contributed by atoms with Crippen molar-refractivity contribution >= 4 is 16.0 Å². The zero-order valence-corrected chi connectivity index (χ0v) is 14.4. The van der Waals surface area contributed by atoms with E-state index in [0.29, 0.717) is 5.90 Å². The van der Waals surface area contributed by atoms with E-state index in [1.165, 1.54) is 12.1 Å². The summed E-state index contributed by atoms with van der Waals surface area (Å²) in [5, 5.41) is 0. The largest absolute Gasteiger partial charge is 0.475 e. The number of hydrogen-bond acceptors (Lipinski definition) is 5. The van der Waals surface area contributed by atoms with Gasteiger partial charge in [-0.05, 0) is 38.1 Å². The van der Waals surface area contributed by atoms with Gasteiger partial charge in [0.05, 0.1) is 11.5 Å². The van der Waals surface area contributed by atoms with Crippen LogP contribution in [0, 0.1) is 6.92 Å². The van der Waals surface area contributed by atoms with Crippen LogP contribution in [0.4, 0.5) is 0 Å². The SMILES string of the molecule is Cc1ccc(S(=O)(=O)OC[C@@]2(C)COC(c3ccccc3)=N2)cc1. The number of nitrogens with zero attached hydrogens (tertiary/aromatic N) is 1. The van der Waals surface area contributed by atoms with Gasteiger partial charge in [0, 0.05) is 5.56 Å². The molecule has 6 heteroatoms. The van der Waals surface area contributed by atoms with E-state index in [1.54, 1.807) is 12.1 Å². The van der Waals surface area contributed by atoms with Crippen molar-refractivity contribution in [2.45, 2.75) is 24.3 Å². The van der Waals surface area contributed by atoms with Gasteiger partial charge in [-0.25, -0.2) is 4.99 Å². The first-order valence-electron chi connectivity index (χ1n) is 7.62. The third-order valence-electron chi connectivity index (χ3n) is 3.75. The van der Waals surface area contributed by atoms with Crippen LogP contribution in [0.15, 0.2) is 64.5 Å². The molecule has 126 valence electrons. The van der Waals surface area contributed by atoms with E-state index >= 15 is 0 Å². The quantitative estimate of drug-likeness (QED) is 0.782. The second-order valence-electron chi connectivity index (χ2n) is 6.10. The summed E-state index contributed by atoms with van der Waals surface area (Å²) in [5.41, 5.74) is 1.12. The number of aliphatic imine (C=N–C) groups is 1. The Bertz CT molecular complexity index is 844. The predicted octanol–water partition coefficient (Wildman–Crippen LogP) is 2.94. The van der Waals surface area contributed by atoms with E-state index in [9.17, 15) is 8.42 Å². The number of benzene rings is 2. The molecule has 2 aromatic carbocycles. The van der Waals surface area contributed by atoms with Gasteiger partial charge in [0.2, 0.25) is 5.90 Å². The minimum absolute atomic E-state index is 0.0699. The molecule has 0 spiro atoms. The molecule has 0 radical (unpaired) electrons. The van der Waals surface area contributed by atoms with Crippen molar-refractivity contribution in [3.8, 4) is 0 Å². The molecule has 1 aliphatic rings. The molecule has 0 aliphatic carbocycles. The Hall–Kier alpha value is -2.18. The monoisotopic (exact) mass is 345 g/mol. The van der Waals surface area contributed by atoms with Crippen molar-refractivity contribution < 1.29 is 17.3 Å². The lowest BCUT2D eigenvalue weighted by molar-refractivity contribution is 0.189. The van der Waals surface area contributed by atoms with Gasteiger partial charge in [0.1, 0.15) is 12.1 Å².